The van der Waals surface area contributed by atoms with Gasteiger partial charge in [-0.25, -0.2) is 0 Å². The average Bonchev–Trinajstić information content (AvgIpc) is 2.39. The van der Waals surface area contributed by atoms with Crippen molar-refractivity contribution in [3.63, 3.8) is 0 Å². The largest absolute Gasteiger partial charge is 0.493 e. The minimum absolute atomic E-state index is 0.501. The van der Waals surface area contributed by atoms with Crippen LogP contribution in [-0.4, -0.2) is 26.3 Å². The van der Waals surface area contributed by atoms with Crippen molar-refractivity contribution in [2.24, 2.45) is 0 Å². The molecule has 1 rings (SSSR count). The monoisotopic (exact) mass is 248 g/mol. The van der Waals surface area contributed by atoms with Crippen LogP contribution in [0.3, 0.4) is 0 Å². The maximum Gasteiger partial charge on any atom is 0.119 e. The number of nitrogens with zero attached hydrogens (tertiary/aromatic N) is 1. The summed E-state index contributed by atoms with van der Waals surface area (Å²) in [6, 6.07) is 10.0. The molecule has 0 saturated heterocycles. The molecule has 4 nitrogen and oxygen atoms in total. The summed E-state index contributed by atoms with van der Waals surface area (Å²) >= 11 is 0. The summed E-state index contributed by atoms with van der Waals surface area (Å²) < 4.78 is 10.7. The van der Waals surface area contributed by atoms with Gasteiger partial charge in [-0.3, -0.25) is 0 Å². The van der Waals surface area contributed by atoms with E-state index < -0.39 is 5.54 Å². The van der Waals surface area contributed by atoms with E-state index in [-0.39, 0.29) is 0 Å². The average molecular weight is 248 g/mol. The zero-order valence-corrected chi connectivity index (χ0v) is 11.2. The van der Waals surface area contributed by atoms with Gasteiger partial charge in [0, 0.05) is 13.5 Å². The Balaban J connectivity index is 2.49. The highest BCUT2D eigenvalue weighted by Gasteiger charge is 2.20. The summed E-state index contributed by atoms with van der Waals surface area (Å²) in [5.74, 6) is 0.806. The van der Waals surface area contributed by atoms with Gasteiger partial charge in [-0.15, -0.1) is 0 Å². The predicted molar refractivity (Wildman–Crippen MR) is 70.3 cm³/mol. The van der Waals surface area contributed by atoms with Crippen molar-refractivity contribution in [3.05, 3.63) is 29.8 Å². The van der Waals surface area contributed by atoms with E-state index in [4.69, 9.17) is 14.7 Å². The first-order valence-corrected chi connectivity index (χ1v) is 5.94. The highest BCUT2D eigenvalue weighted by Crippen LogP contribution is 2.15. The lowest BCUT2D eigenvalue weighted by Crippen LogP contribution is -2.39. The summed E-state index contributed by atoms with van der Waals surface area (Å²) in [7, 11) is 3.45. The molecular formula is C14H20N2O2. The second-order valence-electron chi connectivity index (χ2n) is 4.37. The third kappa shape index (κ3) is 4.36. The molecule has 0 saturated carbocycles. The second kappa shape index (κ2) is 7.00. The van der Waals surface area contributed by atoms with Crippen molar-refractivity contribution < 1.29 is 9.47 Å². The molecule has 1 atom stereocenters. The van der Waals surface area contributed by atoms with Crippen LogP contribution >= 0.6 is 0 Å². The lowest BCUT2D eigenvalue weighted by Gasteiger charge is -2.20. The quantitative estimate of drug-likeness (QED) is 0.803. The molecular weight excluding hydrogens is 228 g/mol. The Hall–Kier alpha value is -1.57. The fourth-order valence-electron chi connectivity index (χ4n) is 1.50. The summed E-state index contributed by atoms with van der Waals surface area (Å²) in [4.78, 5) is 0. The lowest BCUT2D eigenvalue weighted by atomic mass is 10.0. The zero-order chi connectivity index (χ0) is 13.4. The van der Waals surface area contributed by atoms with Gasteiger partial charge in [0.25, 0.3) is 0 Å². The molecule has 1 N–H and O–H groups in total. The zero-order valence-electron chi connectivity index (χ0n) is 11.2. The van der Waals surface area contributed by atoms with Crippen LogP contribution in [-0.2, 0) is 11.3 Å². The van der Waals surface area contributed by atoms with Gasteiger partial charge < -0.3 is 14.8 Å². The molecule has 0 heterocycles. The van der Waals surface area contributed by atoms with E-state index in [1.54, 1.807) is 14.2 Å². The number of rotatable bonds is 7. The van der Waals surface area contributed by atoms with Crippen molar-refractivity contribution in [1.82, 2.24) is 5.32 Å². The van der Waals surface area contributed by atoms with E-state index >= 15 is 0 Å². The van der Waals surface area contributed by atoms with E-state index in [1.165, 1.54) is 0 Å². The molecule has 0 aliphatic heterocycles. The molecule has 1 aromatic rings. The third-order valence-corrected chi connectivity index (χ3v) is 2.88. The fourth-order valence-corrected chi connectivity index (χ4v) is 1.50. The Labute approximate surface area is 109 Å². The smallest absolute Gasteiger partial charge is 0.119 e. The molecule has 0 radical (unpaired) electrons. The van der Waals surface area contributed by atoms with Gasteiger partial charge in [0.1, 0.15) is 11.3 Å². The first kappa shape index (κ1) is 14.5. The molecule has 0 aliphatic carbocycles. The molecule has 0 amide bonds. The van der Waals surface area contributed by atoms with E-state index in [0.29, 0.717) is 19.6 Å². The van der Waals surface area contributed by atoms with Gasteiger partial charge in [-0.1, -0.05) is 12.1 Å². The summed E-state index contributed by atoms with van der Waals surface area (Å²) in [5, 5.41) is 12.0. The van der Waals surface area contributed by atoms with Gasteiger partial charge in [-0.2, -0.15) is 5.26 Å². The highest BCUT2D eigenvalue weighted by molar-refractivity contribution is 5.28. The molecule has 98 valence electrons. The maximum absolute atomic E-state index is 9.01. The van der Waals surface area contributed by atoms with Crippen molar-refractivity contribution in [3.8, 4) is 11.8 Å². The molecule has 1 aromatic carbocycles. The number of hydrogen-bond donors (Lipinski definition) is 1. The van der Waals surface area contributed by atoms with Gasteiger partial charge in [0.05, 0.1) is 19.3 Å². The van der Waals surface area contributed by atoms with Gasteiger partial charge in [0.15, 0.2) is 0 Å². The third-order valence-electron chi connectivity index (χ3n) is 2.88. The van der Waals surface area contributed by atoms with Gasteiger partial charge in [0.2, 0.25) is 0 Å². The van der Waals surface area contributed by atoms with Crippen LogP contribution in [0.5, 0.6) is 5.75 Å². The Kier molecular flexibility index (Phi) is 5.63. The number of nitrogens with one attached hydrogen (secondary N) is 1. The molecule has 0 spiro atoms. The first-order chi connectivity index (χ1) is 8.63. The molecule has 0 aliphatic rings. The SMILES string of the molecule is CNC(C)(C#N)CCOc1cccc(COC)c1. The van der Waals surface area contributed by atoms with Crippen molar-refractivity contribution >= 4 is 0 Å². The normalized spacial score (nSPS) is 13.7. The van der Waals surface area contributed by atoms with Crippen LogP contribution in [0.2, 0.25) is 0 Å². The van der Waals surface area contributed by atoms with E-state index in [1.807, 2.05) is 31.2 Å². The fraction of sp³-hybridized carbons (Fsp3) is 0.500. The Morgan fingerprint density at radius 1 is 1.44 bits per heavy atom. The number of nitriles is 1. The number of benzene rings is 1. The minimum Gasteiger partial charge on any atom is -0.493 e. The number of hydrogen-bond acceptors (Lipinski definition) is 4. The Bertz CT molecular complexity index is 415. The van der Waals surface area contributed by atoms with Crippen LogP contribution in [0.25, 0.3) is 0 Å². The van der Waals surface area contributed by atoms with Crippen LogP contribution in [0.15, 0.2) is 24.3 Å². The van der Waals surface area contributed by atoms with Crippen molar-refractivity contribution in [1.29, 1.82) is 5.26 Å². The van der Waals surface area contributed by atoms with E-state index in [9.17, 15) is 0 Å². The number of ether oxygens (including phenoxy) is 2. The maximum atomic E-state index is 9.01. The van der Waals surface area contributed by atoms with Crippen molar-refractivity contribution in [2.75, 3.05) is 20.8 Å². The molecule has 0 bridgehead atoms. The first-order valence-electron chi connectivity index (χ1n) is 5.94. The van der Waals surface area contributed by atoms with Crippen LogP contribution in [0.4, 0.5) is 0 Å². The van der Waals surface area contributed by atoms with Crippen LogP contribution < -0.4 is 10.1 Å². The van der Waals surface area contributed by atoms with Crippen LogP contribution in [0.1, 0.15) is 18.9 Å². The Morgan fingerprint density at radius 2 is 2.22 bits per heavy atom. The van der Waals surface area contributed by atoms with Gasteiger partial charge >= 0.3 is 0 Å². The molecule has 0 fully saturated rings. The summed E-state index contributed by atoms with van der Waals surface area (Å²) in [6.45, 7) is 2.93. The van der Waals surface area contributed by atoms with Crippen molar-refractivity contribution in [2.45, 2.75) is 25.5 Å². The topological polar surface area (TPSA) is 54.3 Å². The minimum atomic E-state index is -0.538. The molecule has 0 aromatic heterocycles. The van der Waals surface area contributed by atoms with Crippen LogP contribution in [0, 0.1) is 11.3 Å². The molecule has 1 unspecified atom stereocenters. The second-order valence-corrected chi connectivity index (χ2v) is 4.37. The summed E-state index contributed by atoms with van der Waals surface area (Å²) in [6.07, 6.45) is 0.633. The highest BCUT2D eigenvalue weighted by atomic mass is 16.5. The standard InChI is InChI=1S/C14H20N2O2/c1-14(11-15,16-2)7-8-18-13-6-4-5-12(9-13)10-17-3/h4-6,9,16H,7-8,10H2,1-3H3. The Morgan fingerprint density at radius 3 is 2.83 bits per heavy atom. The van der Waals surface area contributed by atoms with E-state index in [0.717, 1.165) is 11.3 Å². The van der Waals surface area contributed by atoms with E-state index in [2.05, 4.69) is 11.4 Å². The number of methoxy groups -OCH3 is 1. The summed E-state index contributed by atoms with van der Waals surface area (Å²) in [5.41, 5.74) is 0.538. The molecule has 4 heteroatoms. The predicted octanol–water partition coefficient (Wildman–Crippen LogP) is 2.10. The van der Waals surface area contributed by atoms with Gasteiger partial charge in [-0.05, 0) is 31.7 Å². The lowest BCUT2D eigenvalue weighted by molar-refractivity contribution is 0.184. The molecule has 18 heavy (non-hydrogen) atoms.